The SMILES string of the molecule is CC(C)(NNN)C(=O)N1CC1. The van der Waals surface area contributed by atoms with E-state index in [9.17, 15) is 4.79 Å². The van der Waals surface area contributed by atoms with E-state index >= 15 is 0 Å². The fraction of sp³-hybridized carbons (Fsp3) is 0.833. The fourth-order valence-corrected chi connectivity index (χ4v) is 0.882. The molecule has 0 unspecified atom stereocenters. The van der Waals surface area contributed by atoms with E-state index < -0.39 is 5.54 Å². The highest BCUT2D eigenvalue weighted by atomic mass is 16.2. The van der Waals surface area contributed by atoms with Crippen molar-refractivity contribution in [2.45, 2.75) is 19.4 Å². The number of nitrogens with one attached hydrogen (secondary N) is 2. The summed E-state index contributed by atoms with van der Waals surface area (Å²) in [6.07, 6.45) is 0. The van der Waals surface area contributed by atoms with Gasteiger partial charge in [0.25, 0.3) is 0 Å². The van der Waals surface area contributed by atoms with Crippen LogP contribution >= 0.6 is 0 Å². The predicted molar refractivity (Wildman–Crippen MR) is 41.1 cm³/mol. The lowest BCUT2D eigenvalue weighted by molar-refractivity contribution is -0.131. The molecule has 0 atom stereocenters. The highest BCUT2D eigenvalue weighted by Crippen LogP contribution is 2.13. The third kappa shape index (κ3) is 1.89. The molecule has 1 aliphatic heterocycles. The normalized spacial score (nSPS) is 16.8. The standard InChI is InChI=1S/C6H14N4O/c1-6(2,8-9-7)5(11)10-3-4-10/h8-9H,3-4,7H2,1-2H3. The molecule has 11 heavy (non-hydrogen) atoms. The molecule has 1 saturated heterocycles. The van der Waals surface area contributed by atoms with Gasteiger partial charge < -0.3 is 4.90 Å². The van der Waals surface area contributed by atoms with Crippen LogP contribution in [0.1, 0.15) is 13.8 Å². The van der Waals surface area contributed by atoms with Gasteiger partial charge in [-0.25, -0.2) is 5.43 Å². The zero-order valence-corrected chi connectivity index (χ0v) is 6.85. The number of hydrazine groups is 2. The molecule has 0 radical (unpaired) electrons. The van der Waals surface area contributed by atoms with Crippen LogP contribution in [-0.4, -0.2) is 29.4 Å². The number of rotatable bonds is 3. The molecule has 4 N–H and O–H groups in total. The van der Waals surface area contributed by atoms with Gasteiger partial charge in [-0.2, -0.15) is 5.53 Å². The molecular weight excluding hydrogens is 144 g/mol. The lowest BCUT2D eigenvalue weighted by Gasteiger charge is -2.23. The Morgan fingerprint density at radius 2 is 2.09 bits per heavy atom. The van der Waals surface area contributed by atoms with Crippen molar-refractivity contribution < 1.29 is 4.79 Å². The molecule has 64 valence electrons. The zero-order chi connectivity index (χ0) is 8.48. The molecule has 0 spiro atoms. The second-order valence-corrected chi connectivity index (χ2v) is 3.19. The van der Waals surface area contributed by atoms with Crippen molar-refractivity contribution in [3.8, 4) is 0 Å². The highest BCUT2D eigenvalue weighted by molar-refractivity contribution is 5.87. The Labute approximate surface area is 65.9 Å². The third-order valence-corrected chi connectivity index (χ3v) is 1.65. The van der Waals surface area contributed by atoms with E-state index in [2.05, 4.69) is 11.0 Å². The number of carbonyl (C=O) groups is 1. The fourth-order valence-electron chi connectivity index (χ4n) is 0.882. The second-order valence-electron chi connectivity index (χ2n) is 3.19. The molecule has 5 nitrogen and oxygen atoms in total. The van der Waals surface area contributed by atoms with Crippen molar-refractivity contribution >= 4 is 5.91 Å². The Hall–Kier alpha value is -0.650. The van der Waals surface area contributed by atoms with Gasteiger partial charge in [0.05, 0.1) is 0 Å². The Balaban J connectivity index is 2.47. The third-order valence-electron chi connectivity index (χ3n) is 1.65. The second kappa shape index (κ2) is 2.77. The van der Waals surface area contributed by atoms with Crippen molar-refractivity contribution in [1.82, 2.24) is 15.9 Å². The van der Waals surface area contributed by atoms with Crippen molar-refractivity contribution in [1.29, 1.82) is 0 Å². The molecule has 1 aliphatic rings. The Kier molecular flexibility index (Phi) is 2.12. The molecule has 0 aromatic carbocycles. The van der Waals surface area contributed by atoms with Crippen LogP contribution in [0.2, 0.25) is 0 Å². The van der Waals surface area contributed by atoms with Crippen molar-refractivity contribution in [3.05, 3.63) is 0 Å². The van der Waals surface area contributed by atoms with E-state index in [1.54, 1.807) is 18.7 Å². The summed E-state index contributed by atoms with van der Waals surface area (Å²) in [6, 6.07) is 0. The van der Waals surface area contributed by atoms with Crippen LogP contribution in [0.5, 0.6) is 0 Å². The number of hydrogen-bond donors (Lipinski definition) is 3. The predicted octanol–water partition coefficient (Wildman–Crippen LogP) is -1.42. The molecule has 0 aliphatic carbocycles. The number of amides is 1. The van der Waals surface area contributed by atoms with Crippen LogP contribution in [0.15, 0.2) is 0 Å². The number of carbonyl (C=O) groups excluding carboxylic acids is 1. The lowest BCUT2D eigenvalue weighted by atomic mass is 10.1. The minimum Gasteiger partial charge on any atom is -0.338 e. The first kappa shape index (κ1) is 8.45. The van der Waals surface area contributed by atoms with E-state index in [0.717, 1.165) is 13.1 Å². The summed E-state index contributed by atoms with van der Waals surface area (Å²) in [5.41, 5.74) is 4.35. The van der Waals surface area contributed by atoms with Gasteiger partial charge in [0.2, 0.25) is 5.91 Å². The summed E-state index contributed by atoms with van der Waals surface area (Å²) in [5, 5.41) is 0. The van der Waals surface area contributed by atoms with Gasteiger partial charge in [0.1, 0.15) is 5.54 Å². The van der Waals surface area contributed by atoms with Crippen LogP contribution in [0, 0.1) is 0 Å². The van der Waals surface area contributed by atoms with Gasteiger partial charge in [-0.05, 0) is 13.8 Å². The molecule has 5 heteroatoms. The summed E-state index contributed by atoms with van der Waals surface area (Å²) in [4.78, 5) is 13.1. The maximum Gasteiger partial charge on any atom is 0.243 e. The van der Waals surface area contributed by atoms with E-state index in [4.69, 9.17) is 5.84 Å². The van der Waals surface area contributed by atoms with Crippen molar-refractivity contribution in [3.63, 3.8) is 0 Å². The quantitative estimate of drug-likeness (QED) is 0.268. The number of nitrogens with two attached hydrogens (primary N) is 1. The van der Waals surface area contributed by atoms with Gasteiger partial charge in [-0.3, -0.25) is 10.6 Å². The van der Waals surface area contributed by atoms with E-state index in [1.807, 2.05) is 0 Å². The van der Waals surface area contributed by atoms with Crippen molar-refractivity contribution in [2.75, 3.05) is 13.1 Å². The maximum atomic E-state index is 11.4. The molecule has 1 heterocycles. The van der Waals surface area contributed by atoms with E-state index in [0.29, 0.717) is 0 Å². The van der Waals surface area contributed by atoms with Crippen LogP contribution in [0.3, 0.4) is 0 Å². The van der Waals surface area contributed by atoms with Gasteiger partial charge >= 0.3 is 0 Å². The molecule has 1 rings (SSSR count). The maximum absolute atomic E-state index is 11.4. The summed E-state index contributed by atoms with van der Waals surface area (Å²) in [5.74, 6) is 5.12. The largest absolute Gasteiger partial charge is 0.338 e. The average molecular weight is 158 g/mol. The number of nitrogens with zero attached hydrogens (tertiary/aromatic N) is 1. The topological polar surface area (TPSA) is 70.2 Å². The van der Waals surface area contributed by atoms with Gasteiger partial charge in [0, 0.05) is 13.1 Å². The molecule has 0 bridgehead atoms. The van der Waals surface area contributed by atoms with Gasteiger partial charge in [0.15, 0.2) is 0 Å². The van der Waals surface area contributed by atoms with Crippen LogP contribution in [0.4, 0.5) is 0 Å². The Morgan fingerprint density at radius 1 is 1.55 bits per heavy atom. The molecule has 0 aromatic rings. The monoisotopic (exact) mass is 158 g/mol. The number of hydrogen-bond acceptors (Lipinski definition) is 4. The van der Waals surface area contributed by atoms with Crippen LogP contribution < -0.4 is 16.8 Å². The smallest absolute Gasteiger partial charge is 0.243 e. The van der Waals surface area contributed by atoms with Gasteiger partial charge in [-0.15, -0.1) is 0 Å². The van der Waals surface area contributed by atoms with Crippen molar-refractivity contribution in [2.24, 2.45) is 5.84 Å². The average Bonchev–Trinajstić information content (AvgIpc) is 2.67. The Bertz CT molecular complexity index is 164. The molecule has 1 amide bonds. The Morgan fingerprint density at radius 3 is 2.45 bits per heavy atom. The summed E-state index contributed by atoms with van der Waals surface area (Å²) in [6.45, 7) is 5.31. The first-order valence-corrected chi connectivity index (χ1v) is 3.60. The zero-order valence-electron chi connectivity index (χ0n) is 6.85. The minimum absolute atomic E-state index is 0.0791. The first-order chi connectivity index (χ1) is 5.08. The molecular formula is C6H14N4O. The minimum atomic E-state index is -0.606. The van der Waals surface area contributed by atoms with Gasteiger partial charge in [-0.1, -0.05) is 0 Å². The summed E-state index contributed by atoms with van der Waals surface area (Å²) < 4.78 is 0. The van der Waals surface area contributed by atoms with Crippen LogP contribution in [0.25, 0.3) is 0 Å². The molecule has 0 aromatic heterocycles. The summed E-state index contributed by atoms with van der Waals surface area (Å²) >= 11 is 0. The summed E-state index contributed by atoms with van der Waals surface area (Å²) in [7, 11) is 0. The molecule has 0 saturated carbocycles. The van der Waals surface area contributed by atoms with E-state index in [-0.39, 0.29) is 5.91 Å². The molecule has 1 fully saturated rings. The highest BCUT2D eigenvalue weighted by Gasteiger charge is 2.36. The first-order valence-electron chi connectivity index (χ1n) is 3.60. The van der Waals surface area contributed by atoms with E-state index in [1.165, 1.54) is 0 Å². The van der Waals surface area contributed by atoms with Crippen LogP contribution in [-0.2, 0) is 4.79 Å². The lowest BCUT2D eigenvalue weighted by Crippen LogP contribution is -2.57.